The predicted molar refractivity (Wildman–Crippen MR) is 135 cm³/mol. The number of amides is 2. The second kappa shape index (κ2) is 9.54. The number of benzene rings is 3. The van der Waals surface area contributed by atoms with Crippen LogP contribution in [0.1, 0.15) is 17.5 Å². The molecule has 0 aliphatic carbocycles. The first-order valence-corrected chi connectivity index (χ1v) is 11.5. The van der Waals surface area contributed by atoms with Crippen LogP contribution in [0.5, 0.6) is 0 Å². The van der Waals surface area contributed by atoms with Gasteiger partial charge in [-0.3, -0.25) is 9.59 Å². The molecule has 1 aliphatic rings. The molecule has 32 heavy (non-hydrogen) atoms. The molecule has 1 atom stereocenters. The molecule has 1 aliphatic heterocycles. The van der Waals surface area contributed by atoms with Gasteiger partial charge in [0.15, 0.2) is 5.11 Å². The van der Waals surface area contributed by atoms with Gasteiger partial charge in [-0.1, -0.05) is 24.3 Å². The molecule has 7 heteroatoms. The maximum atomic E-state index is 12.9. The lowest BCUT2D eigenvalue weighted by Crippen LogP contribution is -2.31. The largest absolute Gasteiger partial charge is 0.332 e. The van der Waals surface area contributed by atoms with Crippen molar-refractivity contribution >= 4 is 58.0 Å². The van der Waals surface area contributed by atoms with Crippen LogP contribution in [0.2, 0.25) is 0 Å². The van der Waals surface area contributed by atoms with Gasteiger partial charge in [-0.05, 0) is 85.7 Å². The van der Waals surface area contributed by atoms with Gasteiger partial charge < -0.3 is 10.6 Å². The molecule has 5 nitrogen and oxygen atoms in total. The minimum atomic E-state index is -0.427. The van der Waals surface area contributed by atoms with E-state index in [9.17, 15) is 9.59 Å². The van der Waals surface area contributed by atoms with E-state index in [0.29, 0.717) is 10.8 Å². The maximum Gasteiger partial charge on any atom is 0.247 e. The zero-order chi connectivity index (χ0) is 22.7. The number of hydrogen-bond acceptors (Lipinski definition) is 4. The highest BCUT2D eigenvalue weighted by molar-refractivity contribution is 8.00. The molecule has 2 N–H and O–H groups in total. The molecule has 3 aromatic rings. The SMILES string of the molecule is Cc1ccc(N2C(=O)CC(Sc3ccc(NC(=S)Nc4ccccc4)cc3)C2=O)cc1C. The van der Waals surface area contributed by atoms with Gasteiger partial charge in [-0.15, -0.1) is 11.8 Å². The molecule has 0 radical (unpaired) electrons. The number of nitrogens with one attached hydrogen (secondary N) is 2. The Hall–Kier alpha value is -3.16. The molecule has 4 rings (SSSR count). The zero-order valence-corrected chi connectivity index (χ0v) is 19.4. The third-order valence-electron chi connectivity index (χ3n) is 5.28. The van der Waals surface area contributed by atoms with Crippen molar-refractivity contribution < 1.29 is 9.59 Å². The van der Waals surface area contributed by atoms with Crippen molar-refractivity contribution in [1.29, 1.82) is 0 Å². The summed E-state index contributed by atoms with van der Waals surface area (Å²) in [5.74, 6) is -0.329. The van der Waals surface area contributed by atoms with Crippen molar-refractivity contribution in [3.8, 4) is 0 Å². The summed E-state index contributed by atoms with van der Waals surface area (Å²) < 4.78 is 0. The highest BCUT2D eigenvalue weighted by Gasteiger charge is 2.40. The van der Waals surface area contributed by atoms with Gasteiger partial charge in [0, 0.05) is 22.7 Å². The van der Waals surface area contributed by atoms with E-state index in [1.54, 1.807) is 0 Å². The van der Waals surface area contributed by atoms with Gasteiger partial charge in [0.05, 0.1) is 10.9 Å². The quantitative estimate of drug-likeness (QED) is 0.384. The fourth-order valence-corrected chi connectivity index (χ4v) is 4.72. The number of carbonyl (C=O) groups is 2. The van der Waals surface area contributed by atoms with E-state index in [1.165, 1.54) is 16.7 Å². The van der Waals surface area contributed by atoms with Gasteiger partial charge in [-0.2, -0.15) is 0 Å². The molecule has 2 amide bonds. The first-order valence-electron chi connectivity index (χ1n) is 10.2. The third-order valence-corrected chi connectivity index (χ3v) is 6.68. The van der Waals surface area contributed by atoms with Crippen LogP contribution in [0, 0.1) is 13.8 Å². The molecular weight excluding hydrogens is 438 g/mol. The minimum absolute atomic E-state index is 0.161. The average Bonchev–Trinajstić information content (AvgIpc) is 3.05. The fourth-order valence-electron chi connectivity index (χ4n) is 3.43. The summed E-state index contributed by atoms with van der Waals surface area (Å²) in [4.78, 5) is 27.8. The molecule has 1 heterocycles. The van der Waals surface area contributed by atoms with Gasteiger partial charge in [-0.25, -0.2) is 4.90 Å². The highest BCUT2D eigenvalue weighted by Crippen LogP contribution is 2.34. The molecule has 0 spiro atoms. The van der Waals surface area contributed by atoms with E-state index < -0.39 is 5.25 Å². The summed E-state index contributed by atoms with van der Waals surface area (Å²) in [7, 11) is 0. The summed E-state index contributed by atoms with van der Waals surface area (Å²) in [6.45, 7) is 3.99. The zero-order valence-electron chi connectivity index (χ0n) is 17.8. The van der Waals surface area contributed by atoms with Crippen molar-refractivity contribution in [3.05, 3.63) is 83.9 Å². The Bertz CT molecular complexity index is 1160. The van der Waals surface area contributed by atoms with Gasteiger partial charge in [0.1, 0.15) is 0 Å². The number of aryl methyl sites for hydroxylation is 2. The van der Waals surface area contributed by atoms with Crippen LogP contribution in [0.15, 0.2) is 77.7 Å². The molecule has 1 saturated heterocycles. The van der Waals surface area contributed by atoms with Crippen LogP contribution in [0.4, 0.5) is 17.1 Å². The Morgan fingerprint density at radius 3 is 2.22 bits per heavy atom. The van der Waals surface area contributed by atoms with Gasteiger partial charge in [0.2, 0.25) is 11.8 Å². The first kappa shape index (κ1) is 22.0. The number of nitrogens with zero attached hydrogens (tertiary/aromatic N) is 1. The Morgan fingerprint density at radius 1 is 0.906 bits per heavy atom. The molecule has 1 fully saturated rings. The second-order valence-electron chi connectivity index (χ2n) is 7.62. The Balaban J connectivity index is 1.38. The standard InChI is InChI=1S/C25H23N3O2S2/c1-16-8-11-20(14-17(16)2)28-23(29)15-22(24(28)30)32-21-12-9-19(10-13-21)27-25(31)26-18-6-4-3-5-7-18/h3-14,22H,15H2,1-2H3,(H2,26,27,31). The summed E-state index contributed by atoms with van der Waals surface area (Å²) in [6.07, 6.45) is 0.196. The van der Waals surface area contributed by atoms with E-state index >= 15 is 0 Å². The van der Waals surface area contributed by atoms with Crippen molar-refractivity contribution in [1.82, 2.24) is 0 Å². The minimum Gasteiger partial charge on any atom is -0.332 e. The number of thiocarbonyl (C=S) groups is 1. The highest BCUT2D eigenvalue weighted by atomic mass is 32.2. The Morgan fingerprint density at radius 2 is 1.56 bits per heavy atom. The number of carbonyl (C=O) groups excluding carboxylic acids is 2. The molecule has 0 saturated carbocycles. The summed E-state index contributed by atoms with van der Waals surface area (Å²) in [6, 6.07) is 23.0. The summed E-state index contributed by atoms with van der Waals surface area (Å²) in [5, 5.41) is 6.35. The Labute approximate surface area is 197 Å². The number of thioether (sulfide) groups is 1. The van der Waals surface area contributed by atoms with Crippen LogP contribution in [0.3, 0.4) is 0 Å². The maximum absolute atomic E-state index is 12.9. The molecule has 1 unspecified atom stereocenters. The molecular formula is C25H23N3O2S2. The summed E-state index contributed by atoms with van der Waals surface area (Å²) in [5.41, 5.74) is 4.58. The van der Waals surface area contributed by atoms with Crippen LogP contribution in [0.25, 0.3) is 0 Å². The lowest BCUT2D eigenvalue weighted by Gasteiger charge is -2.16. The molecule has 162 valence electrons. The second-order valence-corrected chi connectivity index (χ2v) is 9.30. The topological polar surface area (TPSA) is 61.4 Å². The average molecular weight is 462 g/mol. The van der Waals surface area contributed by atoms with E-state index in [1.807, 2.05) is 86.6 Å². The third kappa shape index (κ3) is 5.00. The molecule has 0 aromatic heterocycles. The molecule has 3 aromatic carbocycles. The fraction of sp³-hybridized carbons (Fsp3) is 0.160. The monoisotopic (exact) mass is 461 g/mol. The van der Waals surface area contributed by atoms with Crippen molar-refractivity contribution in [2.24, 2.45) is 0 Å². The summed E-state index contributed by atoms with van der Waals surface area (Å²) >= 11 is 6.77. The number of imide groups is 1. The number of anilines is 3. The number of hydrogen-bond donors (Lipinski definition) is 2. The lowest BCUT2D eigenvalue weighted by atomic mass is 10.1. The molecule has 0 bridgehead atoms. The van der Waals surface area contributed by atoms with Gasteiger partial charge in [0.25, 0.3) is 0 Å². The van der Waals surface area contributed by atoms with Crippen molar-refractivity contribution in [3.63, 3.8) is 0 Å². The van der Waals surface area contributed by atoms with Crippen LogP contribution in [-0.4, -0.2) is 22.2 Å². The smallest absolute Gasteiger partial charge is 0.247 e. The van der Waals surface area contributed by atoms with Crippen molar-refractivity contribution in [2.45, 2.75) is 30.4 Å². The lowest BCUT2D eigenvalue weighted by molar-refractivity contribution is -0.121. The van der Waals surface area contributed by atoms with E-state index in [4.69, 9.17) is 12.2 Å². The van der Waals surface area contributed by atoms with Gasteiger partial charge >= 0.3 is 0 Å². The Kier molecular flexibility index (Phi) is 6.58. The van der Waals surface area contributed by atoms with Crippen LogP contribution in [-0.2, 0) is 9.59 Å². The first-order chi connectivity index (χ1) is 15.4. The van der Waals surface area contributed by atoms with Crippen LogP contribution >= 0.6 is 24.0 Å². The van der Waals surface area contributed by atoms with Crippen molar-refractivity contribution in [2.75, 3.05) is 15.5 Å². The number of rotatable bonds is 5. The van der Waals surface area contributed by atoms with Crippen LogP contribution < -0.4 is 15.5 Å². The van der Waals surface area contributed by atoms with E-state index in [0.717, 1.165) is 27.4 Å². The number of para-hydroxylation sites is 1. The predicted octanol–water partition coefficient (Wildman–Crippen LogP) is 5.54. The van der Waals surface area contributed by atoms with E-state index in [-0.39, 0.29) is 18.2 Å². The van der Waals surface area contributed by atoms with E-state index in [2.05, 4.69) is 10.6 Å². The normalized spacial score (nSPS) is 15.7.